The van der Waals surface area contributed by atoms with Crippen molar-refractivity contribution in [3.63, 3.8) is 0 Å². The van der Waals surface area contributed by atoms with Gasteiger partial charge in [0.05, 0.1) is 11.2 Å². The minimum atomic E-state index is -0.329. The number of ether oxygens (including phenoxy) is 1. The molecule has 1 atom stereocenters. The molecule has 3 aromatic rings. The molecule has 28 heavy (non-hydrogen) atoms. The molecule has 6 heteroatoms. The summed E-state index contributed by atoms with van der Waals surface area (Å²) < 4.78 is 5.55. The third kappa shape index (κ3) is 3.75. The smallest absolute Gasteiger partial charge is 0.151 e. The van der Waals surface area contributed by atoms with Crippen molar-refractivity contribution in [1.29, 1.82) is 0 Å². The summed E-state index contributed by atoms with van der Waals surface area (Å²) >= 11 is 5.68. The number of aromatic hydroxyl groups is 2. The molecule has 0 saturated carbocycles. The Morgan fingerprint density at radius 2 is 1.64 bits per heavy atom. The van der Waals surface area contributed by atoms with Crippen LogP contribution in [-0.2, 0) is 0 Å². The second-order valence-electron chi connectivity index (χ2n) is 6.41. The van der Waals surface area contributed by atoms with Crippen LogP contribution in [0.1, 0.15) is 11.7 Å². The van der Waals surface area contributed by atoms with Crippen LogP contribution in [0.5, 0.6) is 17.2 Å². The van der Waals surface area contributed by atoms with Crippen molar-refractivity contribution in [3.05, 3.63) is 82.9 Å². The van der Waals surface area contributed by atoms with Crippen molar-refractivity contribution in [2.24, 2.45) is 4.99 Å². The van der Waals surface area contributed by atoms with Crippen molar-refractivity contribution in [2.75, 3.05) is 17.4 Å². The van der Waals surface area contributed by atoms with E-state index in [-0.39, 0.29) is 17.7 Å². The van der Waals surface area contributed by atoms with Gasteiger partial charge in [-0.05, 0) is 54.1 Å². The average molecular weight is 395 g/mol. The van der Waals surface area contributed by atoms with Crippen LogP contribution in [-0.4, -0.2) is 22.7 Å². The van der Waals surface area contributed by atoms with Gasteiger partial charge in [0.1, 0.15) is 23.9 Å². The first kappa shape index (κ1) is 18.2. The van der Waals surface area contributed by atoms with E-state index < -0.39 is 0 Å². The molecule has 0 aliphatic carbocycles. The lowest BCUT2D eigenvalue weighted by Gasteiger charge is -2.30. The molecule has 2 N–H and O–H groups in total. The van der Waals surface area contributed by atoms with E-state index in [1.807, 2.05) is 48.7 Å². The van der Waals surface area contributed by atoms with Crippen LogP contribution in [0, 0.1) is 0 Å². The Morgan fingerprint density at radius 1 is 0.929 bits per heavy atom. The number of halogens is 1. The second kappa shape index (κ2) is 7.82. The molecule has 142 valence electrons. The number of hydrogen-bond donors (Lipinski definition) is 2. The van der Waals surface area contributed by atoms with Gasteiger partial charge in [-0.25, -0.2) is 0 Å². The van der Waals surface area contributed by atoms with Gasteiger partial charge in [-0.1, -0.05) is 12.1 Å². The SMILES string of the molecule is Oc1ccc(C2N=c3cc(O)ccc3=CN2c2ccc(OCCCl)cc2)cc1. The average Bonchev–Trinajstić information content (AvgIpc) is 2.72. The van der Waals surface area contributed by atoms with E-state index in [4.69, 9.17) is 21.3 Å². The summed E-state index contributed by atoms with van der Waals surface area (Å²) in [6.07, 6.45) is 1.68. The molecule has 0 radical (unpaired) electrons. The van der Waals surface area contributed by atoms with Gasteiger partial charge in [0.15, 0.2) is 6.17 Å². The van der Waals surface area contributed by atoms with Gasteiger partial charge in [0.25, 0.3) is 0 Å². The molecule has 1 aliphatic heterocycles. The highest BCUT2D eigenvalue weighted by Crippen LogP contribution is 2.31. The van der Waals surface area contributed by atoms with Gasteiger partial charge in [-0.2, -0.15) is 0 Å². The van der Waals surface area contributed by atoms with E-state index in [9.17, 15) is 10.2 Å². The van der Waals surface area contributed by atoms with Gasteiger partial charge < -0.3 is 19.8 Å². The van der Waals surface area contributed by atoms with Gasteiger partial charge >= 0.3 is 0 Å². The number of benzene rings is 3. The molecule has 1 unspecified atom stereocenters. The number of fused-ring (bicyclic) bond motifs is 1. The number of phenolic OH excluding ortho intramolecular Hbond substituents is 2. The highest BCUT2D eigenvalue weighted by molar-refractivity contribution is 6.18. The summed E-state index contributed by atoms with van der Waals surface area (Å²) in [5.41, 5.74) is 1.87. The highest BCUT2D eigenvalue weighted by Gasteiger charge is 2.21. The van der Waals surface area contributed by atoms with E-state index in [0.717, 1.165) is 27.6 Å². The maximum Gasteiger partial charge on any atom is 0.151 e. The molecule has 0 bridgehead atoms. The largest absolute Gasteiger partial charge is 0.508 e. The molecule has 0 aromatic heterocycles. The topological polar surface area (TPSA) is 65.3 Å². The first-order chi connectivity index (χ1) is 13.6. The summed E-state index contributed by atoms with van der Waals surface area (Å²) in [6.45, 7) is 0.457. The summed E-state index contributed by atoms with van der Waals surface area (Å²) in [5, 5.41) is 21.1. The standard InChI is InChI=1S/C22H19ClN2O3/c23-11-12-28-20-9-4-17(5-10-20)25-14-16-3-8-19(27)13-21(16)24-22(25)15-1-6-18(26)7-2-15/h1-10,13-14,22,26-27H,11-12H2. The zero-order chi connectivity index (χ0) is 19.5. The maximum atomic E-state index is 9.82. The van der Waals surface area contributed by atoms with Crippen LogP contribution in [0.2, 0.25) is 0 Å². The molecule has 5 nitrogen and oxygen atoms in total. The Bertz CT molecular complexity index is 1080. The monoisotopic (exact) mass is 394 g/mol. The first-order valence-corrected chi connectivity index (χ1v) is 9.42. The maximum absolute atomic E-state index is 9.82. The highest BCUT2D eigenvalue weighted by atomic mass is 35.5. The number of phenols is 2. The minimum absolute atomic E-state index is 0.176. The molecule has 0 spiro atoms. The summed E-state index contributed by atoms with van der Waals surface area (Å²) in [6, 6.07) is 19.8. The van der Waals surface area contributed by atoms with E-state index >= 15 is 0 Å². The van der Waals surface area contributed by atoms with Gasteiger partial charge in [-0.3, -0.25) is 4.99 Å². The van der Waals surface area contributed by atoms with E-state index in [1.54, 1.807) is 24.3 Å². The summed E-state index contributed by atoms with van der Waals surface area (Å²) in [4.78, 5) is 6.89. The van der Waals surface area contributed by atoms with Crippen molar-refractivity contribution >= 4 is 23.5 Å². The normalized spacial score (nSPS) is 15.3. The number of nitrogens with zero attached hydrogens (tertiary/aromatic N) is 2. The van der Waals surface area contributed by atoms with Crippen molar-refractivity contribution in [2.45, 2.75) is 6.17 Å². The van der Waals surface area contributed by atoms with Crippen LogP contribution in [0.4, 0.5) is 5.69 Å². The van der Waals surface area contributed by atoms with E-state index in [1.165, 1.54) is 0 Å². The number of alkyl halides is 1. The third-order valence-corrected chi connectivity index (χ3v) is 4.64. The number of hydrogen-bond acceptors (Lipinski definition) is 5. The minimum Gasteiger partial charge on any atom is -0.508 e. The van der Waals surface area contributed by atoms with Crippen molar-refractivity contribution in [1.82, 2.24) is 0 Å². The predicted molar refractivity (Wildman–Crippen MR) is 109 cm³/mol. The zero-order valence-corrected chi connectivity index (χ0v) is 15.8. The van der Waals surface area contributed by atoms with Crippen molar-refractivity contribution < 1.29 is 14.9 Å². The molecule has 4 rings (SSSR count). The Morgan fingerprint density at radius 3 is 2.36 bits per heavy atom. The fourth-order valence-electron chi connectivity index (χ4n) is 3.14. The van der Waals surface area contributed by atoms with Gasteiger partial charge in [-0.15, -0.1) is 11.6 Å². The molecule has 3 aromatic carbocycles. The second-order valence-corrected chi connectivity index (χ2v) is 6.78. The lowest BCUT2D eigenvalue weighted by Crippen LogP contribution is -2.37. The van der Waals surface area contributed by atoms with E-state index in [0.29, 0.717) is 12.5 Å². The first-order valence-electron chi connectivity index (χ1n) is 8.89. The van der Waals surface area contributed by atoms with Crippen LogP contribution >= 0.6 is 11.6 Å². The Balaban J connectivity index is 1.77. The molecule has 0 fully saturated rings. The Labute approximate surface area is 167 Å². The number of anilines is 1. The third-order valence-electron chi connectivity index (χ3n) is 4.49. The zero-order valence-electron chi connectivity index (χ0n) is 15.0. The fourth-order valence-corrected chi connectivity index (χ4v) is 3.21. The van der Waals surface area contributed by atoms with Crippen LogP contribution in [0.15, 0.2) is 71.7 Å². The summed E-state index contributed by atoms with van der Waals surface area (Å²) in [5.74, 6) is 1.57. The van der Waals surface area contributed by atoms with Crippen LogP contribution in [0.25, 0.3) is 6.20 Å². The lowest BCUT2D eigenvalue weighted by atomic mass is 10.1. The quantitative estimate of drug-likeness (QED) is 0.652. The van der Waals surface area contributed by atoms with Crippen LogP contribution < -0.4 is 20.2 Å². The lowest BCUT2D eigenvalue weighted by molar-refractivity contribution is 0.343. The van der Waals surface area contributed by atoms with Gasteiger partial charge in [0, 0.05) is 23.2 Å². The van der Waals surface area contributed by atoms with Crippen molar-refractivity contribution in [3.8, 4) is 17.2 Å². The van der Waals surface area contributed by atoms with Gasteiger partial charge in [0.2, 0.25) is 0 Å². The molecule has 0 saturated heterocycles. The number of rotatable bonds is 5. The Hall–Kier alpha value is -3.18. The van der Waals surface area contributed by atoms with E-state index in [2.05, 4.69) is 4.90 Å². The molecule has 1 heterocycles. The predicted octanol–water partition coefficient (Wildman–Crippen LogP) is 3.29. The molecule has 1 aliphatic rings. The molecular formula is C22H19ClN2O3. The molecule has 0 amide bonds. The summed E-state index contributed by atoms with van der Waals surface area (Å²) in [7, 11) is 0. The molecular weight excluding hydrogens is 376 g/mol. The fraction of sp³-hybridized carbons (Fsp3) is 0.136. The van der Waals surface area contributed by atoms with Crippen LogP contribution in [0.3, 0.4) is 0 Å². The Kier molecular flexibility index (Phi) is 5.08.